The number of rotatable bonds is 3. The lowest BCUT2D eigenvalue weighted by molar-refractivity contribution is -0.122. The quantitative estimate of drug-likeness (QED) is 0.737. The first-order chi connectivity index (χ1) is 7.70. The van der Waals surface area contributed by atoms with Crippen molar-refractivity contribution in [1.29, 1.82) is 0 Å². The smallest absolute Gasteiger partial charge is 0.220 e. The zero-order chi connectivity index (χ0) is 11.5. The lowest BCUT2D eigenvalue weighted by atomic mass is 9.95. The summed E-state index contributed by atoms with van der Waals surface area (Å²) in [5.41, 5.74) is 0. The van der Waals surface area contributed by atoms with Crippen LogP contribution < -0.4 is 5.32 Å². The third-order valence-electron chi connectivity index (χ3n) is 3.68. The number of hydrogen-bond donors (Lipinski definition) is 2. The molecule has 3 atom stereocenters. The first kappa shape index (κ1) is 11.9. The summed E-state index contributed by atoms with van der Waals surface area (Å²) in [4.78, 5) is 13.8. The molecule has 0 bridgehead atoms. The number of nitrogens with zero attached hydrogens (tertiary/aromatic N) is 1. The molecule has 2 fully saturated rings. The van der Waals surface area contributed by atoms with Crippen LogP contribution in [0.1, 0.15) is 39.0 Å². The molecule has 2 unspecified atom stereocenters. The van der Waals surface area contributed by atoms with Crippen molar-refractivity contribution < 1.29 is 9.90 Å². The Kier molecular flexibility index (Phi) is 3.82. The minimum atomic E-state index is -0.261. The summed E-state index contributed by atoms with van der Waals surface area (Å²) < 4.78 is 0. The SMILES string of the molecule is CCCC(=O)N[C@@H]1CC(O)C2CCCN2C1. The van der Waals surface area contributed by atoms with Crippen LogP contribution in [0.15, 0.2) is 0 Å². The maximum Gasteiger partial charge on any atom is 0.220 e. The molecule has 0 aromatic carbocycles. The molecule has 2 N–H and O–H groups in total. The minimum Gasteiger partial charge on any atom is -0.391 e. The molecule has 0 spiro atoms. The van der Waals surface area contributed by atoms with E-state index in [2.05, 4.69) is 10.2 Å². The highest BCUT2D eigenvalue weighted by atomic mass is 16.3. The normalized spacial score (nSPS) is 34.8. The Morgan fingerprint density at radius 1 is 1.56 bits per heavy atom. The monoisotopic (exact) mass is 226 g/mol. The number of amides is 1. The molecule has 0 aromatic heterocycles. The molecule has 0 aromatic rings. The van der Waals surface area contributed by atoms with E-state index in [1.54, 1.807) is 0 Å². The highest BCUT2D eigenvalue weighted by Crippen LogP contribution is 2.27. The second kappa shape index (κ2) is 5.15. The van der Waals surface area contributed by atoms with Gasteiger partial charge in [0, 0.05) is 25.0 Å². The lowest BCUT2D eigenvalue weighted by Gasteiger charge is -2.38. The van der Waals surface area contributed by atoms with Crippen LogP contribution in [0.2, 0.25) is 0 Å². The fraction of sp³-hybridized carbons (Fsp3) is 0.917. The van der Waals surface area contributed by atoms with E-state index in [0.29, 0.717) is 12.5 Å². The van der Waals surface area contributed by atoms with Crippen LogP contribution in [-0.4, -0.2) is 47.2 Å². The first-order valence-electron chi connectivity index (χ1n) is 6.42. The number of aliphatic hydroxyl groups is 1. The molecule has 4 heteroatoms. The largest absolute Gasteiger partial charge is 0.391 e. The lowest BCUT2D eigenvalue weighted by Crippen LogP contribution is -2.55. The summed E-state index contributed by atoms with van der Waals surface area (Å²) >= 11 is 0. The maximum absolute atomic E-state index is 11.5. The van der Waals surface area contributed by atoms with Crippen molar-refractivity contribution in [2.75, 3.05) is 13.1 Å². The van der Waals surface area contributed by atoms with Crippen LogP contribution in [-0.2, 0) is 4.79 Å². The van der Waals surface area contributed by atoms with Crippen LogP contribution in [0.25, 0.3) is 0 Å². The number of piperidine rings is 1. The Morgan fingerprint density at radius 2 is 2.38 bits per heavy atom. The van der Waals surface area contributed by atoms with Gasteiger partial charge in [-0.1, -0.05) is 6.92 Å². The van der Waals surface area contributed by atoms with Gasteiger partial charge in [0.15, 0.2) is 0 Å². The Labute approximate surface area is 97.0 Å². The Bertz CT molecular complexity index is 257. The van der Waals surface area contributed by atoms with E-state index in [4.69, 9.17) is 0 Å². The number of aliphatic hydroxyl groups excluding tert-OH is 1. The molecular formula is C12H22N2O2. The molecule has 2 rings (SSSR count). The average Bonchev–Trinajstić information content (AvgIpc) is 2.66. The van der Waals surface area contributed by atoms with Gasteiger partial charge >= 0.3 is 0 Å². The van der Waals surface area contributed by atoms with Crippen molar-refractivity contribution in [1.82, 2.24) is 10.2 Å². The molecule has 2 heterocycles. The molecule has 4 nitrogen and oxygen atoms in total. The zero-order valence-corrected chi connectivity index (χ0v) is 9.98. The van der Waals surface area contributed by atoms with Gasteiger partial charge in [-0.3, -0.25) is 9.69 Å². The second-order valence-corrected chi connectivity index (χ2v) is 5.02. The number of carbonyl (C=O) groups is 1. The second-order valence-electron chi connectivity index (χ2n) is 5.02. The standard InChI is InChI=1S/C12H22N2O2/c1-2-4-12(16)13-9-7-11(15)10-5-3-6-14(10)8-9/h9-11,15H,2-8H2,1H3,(H,13,16)/t9-,10?,11?/m1/s1. The number of hydrogen-bond acceptors (Lipinski definition) is 3. The van der Waals surface area contributed by atoms with Gasteiger partial charge < -0.3 is 10.4 Å². The average molecular weight is 226 g/mol. The van der Waals surface area contributed by atoms with E-state index in [1.165, 1.54) is 6.42 Å². The van der Waals surface area contributed by atoms with E-state index in [0.717, 1.165) is 32.4 Å². The van der Waals surface area contributed by atoms with Crippen molar-refractivity contribution in [3.05, 3.63) is 0 Å². The Hall–Kier alpha value is -0.610. The Balaban J connectivity index is 1.86. The van der Waals surface area contributed by atoms with Gasteiger partial charge in [0.25, 0.3) is 0 Å². The van der Waals surface area contributed by atoms with Gasteiger partial charge in [-0.05, 0) is 32.2 Å². The maximum atomic E-state index is 11.5. The van der Waals surface area contributed by atoms with Gasteiger partial charge in [0.05, 0.1) is 6.10 Å². The predicted octanol–water partition coefficient (Wildman–Crippen LogP) is 0.500. The van der Waals surface area contributed by atoms with Crippen molar-refractivity contribution in [2.45, 2.75) is 57.2 Å². The number of nitrogens with one attached hydrogen (secondary N) is 1. The van der Waals surface area contributed by atoms with Crippen LogP contribution >= 0.6 is 0 Å². The molecule has 1 amide bonds. The first-order valence-corrected chi connectivity index (χ1v) is 6.42. The van der Waals surface area contributed by atoms with Crippen LogP contribution in [0.5, 0.6) is 0 Å². The molecule has 92 valence electrons. The summed E-state index contributed by atoms with van der Waals surface area (Å²) in [6.45, 7) is 3.99. The Morgan fingerprint density at radius 3 is 3.12 bits per heavy atom. The highest BCUT2D eigenvalue weighted by Gasteiger charge is 2.37. The minimum absolute atomic E-state index is 0.123. The number of fused-ring (bicyclic) bond motifs is 1. The summed E-state index contributed by atoms with van der Waals surface area (Å²) in [5.74, 6) is 0.123. The summed E-state index contributed by atoms with van der Waals surface area (Å²) in [6.07, 6.45) is 4.22. The van der Waals surface area contributed by atoms with E-state index in [9.17, 15) is 9.90 Å². The highest BCUT2D eigenvalue weighted by molar-refractivity contribution is 5.76. The van der Waals surface area contributed by atoms with E-state index < -0.39 is 0 Å². The van der Waals surface area contributed by atoms with Gasteiger partial charge in [-0.2, -0.15) is 0 Å². The third-order valence-corrected chi connectivity index (χ3v) is 3.68. The molecular weight excluding hydrogens is 204 g/mol. The van der Waals surface area contributed by atoms with Gasteiger partial charge in [0.1, 0.15) is 0 Å². The predicted molar refractivity (Wildman–Crippen MR) is 62.1 cm³/mol. The van der Waals surface area contributed by atoms with Crippen LogP contribution in [0.3, 0.4) is 0 Å². The van der Waals surface area contributed by atoms with Crippen molar-refractivity contribution in [2.24, 2.45) is 0 Å². The van der Waals surface area contributed by atoms with Crippen molar-refractivity contribution in [3.63, 3.8) is 0 Å². The third kappa shape index (κ3) is 2.55. The summed E-state index contributed by atoms with van der Waals surface area (Å²) in [7, 11) is 0. The molecule has 0 saturated carbocycles. The molecule has 2 saturated heterocycles. The fourth-order valence-corrected chi connectivity index (χ4v) is 2.95. The van der Waals surface area contributed by atoms with Gasteiger partial charge in [-0.25, -0.2) is 0 Å². The summed E-state index contributed by atoms with van der Waals surface area (Å²) in [5, 5.41) is 13.0. The van der Waals surface area contributed by atoms with Crippen LogP contribution in [0, 0.1) is 0 Å². The molecule has 2 aliphatic rings. The van der Waals surface area contributed by atoms with E-state index in [-0.39, 0.29) is 18.1 Å². The molecule has 0 radical (unpaired) electrons. The molecule has 0 aliphatic carbocycles. The molecule has 16 heavy (non-hydrogen) atoms. The molecule has 2 aliphatic heterocycles. The van der Waals surface area contributed by atoms with Gasteiger partial charge in [-0.15, -0.1) is 0 Å². The fourth-order valence-electron chi connectivity index (χ4n) is 2.95. The zero-order valence-electron chi connectivity index (χ0n) is 9.98. The van der Waals surface area contributed by atoms with Gasteiger partial charge in [0.2, 0.25) is 5.91 Å². The van der Waals surface area contributed by atoms with Crippen molar-refractivity contribution >= 4 is 5.91 Å². The number of carbonyl (C=O) groups excluding carboxylic acids is 1. The van der Waals surface area contributed by atoms with E-state index in [1.807, 2.05) is 6.92 Å². The van der Waals surface area contributed by atoms with E-state index >= 15 is 0 Å². The van der Waals surface area contributed by atoms with Crippen molar-refractivity contribution in [3.8, 4) is 0 Å². The van der Waals surface area contributed by atoms with Crippen LogP contribution in [0.4, 0.5) is 0 Å². The topological polar surface area (TPSA) is 52.6 Å². The summed E-state index contributed by atoms with van der Waals surface area (Å²) in [6, 6.07) is 0.489.